The van der Waals surface area contributed by atoms with Crippen molar-refractivity contribution in [2.45, 2.75) is 12.3 Å². The molecule has 0 spiro atoms. The fourth-order valence-electron chi connectivity index (χ4n) is 2.42. The van der Waals surface area contributed by atoms with Crippen LogP contribution in [0.2, 0.25) is 0 Å². The number of carbonyl (C=O) groups is 1. The Labute approximate surface area is 120 Å². The van der Waals surface area contributed by atoms with Gasteiger partial charge in [0.25, 0.3) is 5.69 Å². The number of aldehydes is 1. The molecule has 0 bridgehead atoms. The van der Waals surface area contributed by atoms with Crippen LogP contribution in [0.25, 0.3) is 5.69 Å². The molecule has 1 saturated heterocycles. The summed E-state index contributed by atoms with van der Waals surface area (Å²) in [5, 5.41) is 15.1. The van der Waals surface area contributed by atoms with E-state index in [4.69, 9.17) is 4.74 Å². The van der Waals surface area contributed by atoms with Gasteiger partial charge in [0.15, 0.2) is 6.29 Å². The molecule has 1 atom stereocenters. The van der Waals surface area contributed by atoms with Crippen LogP contribution in [0.4, 0.5) is 5.69 Å². The lowest BCUT2D eigenvalue weighted by Crippen LogP contribution is -2.03. The Balaban J connectivity index is 1.94. The molecule has 3 rings (SSSR count). The third-order valence-electron chi connectivity index (χ3n) is 3.54. The van der Waals surface area contributed by atoms with Crippen molar-refractivity contribution < 1.29 is 14.5 Å². The molecule has 1 aliphatic heterocycles. The summed E-state index contributed by atoms with van der Waals surface area (Å²) in [6.07, 6.45) is 3.27. The van der Waals surface area contributed by atoms with Gasteiger partial charge in [-0.3, -0.25) is 14.9 Å². The van der Waals surface area contributed by atoms with Gasteiger partial charge in [0.2, 0.25) is 0 Å². The fraction of sp³-hybridized carbons (Fsp3) is 0.286. The number of hydrogen-bond donors (Lipinski definition) is 0. The quantitative estimate of drug-likeness (QED) is 0.488. The van der Waals surface area contributed by atoms with E-state index in [1.54, 1.807) is 23.0 Å². The first-order valence-electron chi connectivity index (χ1n) is 6.56. The van der Waals surface area contributed by atoms with E-state index >= 15 is 0 Å². The highest BCUT2D eigenvalue weighted by atomic mass is 16.6. The average molecular weight is 287 g/mol. The highest BCUT2D eigenvalue weighted by Gasteiger charge is 2.24. The van der Waals surface area contributed by atoms with Crippen molar-refractivity contribution in [3.05, 3.63) is 51.8 Å². The predicted molar refractivity (Wildman–Crippen MR) is 73.8 cm³/mol. The van der Waals surface area contributed by atoms with Gasteiger partial charge in [0, 0.05) is 30.9 Å². The number of nitrogens with zero attached hydrogens (tertiary/aromatic N) is 3. The fourth-order valence-corrected chi connectivity index (χ4v) is 2.42. The van der Waals surface area contributed by atoms with Gasteiger partial charge in [-0.25, -0.2) is 4.68 Å². The van der Waals surface area contributed by atoms with E-state index in [0.29, 0.717) is 24.5 Å². The molecular weight excluding hydrogens is 274 g/mol. The Hall–Kier alpha value is -2.54. The molecule has 2 heterocycles. The Bertz CT molecular complexity index is 672. The van der Waals surface area contributed by atoms with Crippen molar-refractivity contribution in [2.24, 2.45) is 0 Å². The molecule has 7 heteroatoms. The van der Waals surface area contributed by atoms with Crippen LogP contribution in [0.1, 0.15) is 28.4 Å². The molecule has 0 radical (unpaired) electrons. The predicted octanol–water partition coefficient (Wildman–Crippen LogP) is 2.10. The maximum Gasteiger partial charge on any atom is 0.269 e. The minimum atomic E-state index is -0.453. The first-order chi connectivity index (χ1) is 10.2. The van der Waals surface area contributed by atoms with Gasteiger partial charge in [-0.1, -0.05) is 0 Å². The van der Waals surface area contributed by atoms with E-state index < -0.39 is 4.92 Å². The van der Waals surface area contributed by atoms with Gasteiger partial charge >= 0.3 is 0 Å². The molecule has 1 aromatic heterocycles. The summed E-state index contributed by atoms with van der Waals surface area (Å²) in [4.78, 5) is 21.4. The smallest absolute Gasteiger partial charge is 0.269 e. The van der Waals surface area contributed by atoms with Gasteiger partial charge in [0.05, 0.1) is 28.5 Å². The van der Waals surface area contributed by atoms with Crippen LogP contribution in [-0.2, 0) is 4.74 Å². The molecule has 1 aromatic carbocycles. The van der Waals surface area contributed by atoms with Crippen molar-refractivity contribution in [2.75, 3.05) is 13.2 Å². The Kier molecular flexibility index (Phi) is 3.49. The van der Waals surface area contributed by atoms with Crippen molar-refractivity contribution in [3.8, 4) is 5.69 Å². The third kappa shape index (κ3) is 2.55. The second kappa shape index (κ2) is 5.45. The Morgan fingerprint density at radius 2 is 2.14 bits per heavy atom. The van der Waals surface area contributed by atoms with E-state index in [9.17, 15) is 14.9 Å². The third-order valence-corrected chi connectivity index (χ3v) is 3.54. The van der Waals surface area contributed by atoms with Crippen LogP contribution >= 0.6 is 0 Å². The van der Waals surface area contributed by atoms with Crippen LogP contribution in [-0.4, -0.2) is 34.2 Å². The number of nitro groups is 1. The molecule has 7 nitrogen and oxygen atoms in total. The largest absolute Gasteiger partial charge is 0.381 e. The van der Waals surface area contributed by atoms with Crippen LogP contribution in [0.5, 0.6) is 0 Å². The molecule has 0 amide bonds. The number of nitro benzene ring substituents is 1. The van der Waals surface area contributed by atoms with Gasteiger partial charge < -0.3 is 4.74 Å². The normalized spacial score (nSPS) is 17.8. The highest BCUT2D eigenvalue weighted by Crippen LogP contribution is 2.27. The number of carbonyl (C=O) groups excluding carboxylic acids is 1. The van der Waals surface area contributed by atoms with E-state index in [1.165, 1.54) is 12.1 Å². The zero-order valence-corrected chi connectivity index (χ0v) is 11.1. The van der Waals surface area contributed by atoms with Crippen molar-refractivity contribution >= 4 is 12.0 Å². The van der Waals surface area contributed by atoms with Crippen LogP contribution in [0.15, 0.2) is 30.5 Å². The molecule has 1 aliphatic rings. The van der Waals surface area contributed by atoms with E-state index in [2.05, 4.69) is 5.10 Å². The zero-order chi connectivity index (χ0) is 14.8. The molecule has 0 aliphatic carbocycles. The number of benzene rings is 1. The summed E-state index contributed by atoms with van der Waals surface area (Å²) < 4.78 is 6.90. The van der Waals surface area contributed by atoms with Gasteiger partial charge in [0.1, 0.15) is 0 Å². The van der Waals surface area contributed by atoms with Crippen LogP contribution in [0, 0.1) is 10.1 Å². The summed E-state index contributed by atoms with van der Waals surface area (Å²) in [6.45, 7) is 1.24. The monoisotopic (exact) mass is 287 g/mol. The SMILES string of the molecule is O=Cc1cn(-c2ccc([N+](=O)[O-])cc2)nc1C1CCOC1. The topological polar surface area (TPSA) is 87.3 Å². The number of hydrogen-bond acceptors (Lipinski definition) is 5. The highest BCUT2D eigenvalue weighted by molar-refractivity contribution is 5.76. The minimum absolute atomic E-state index is 0.0194. The summed E-state index contributed by atoms with van der Waals surface area (Å²) in [6, 6.07) is 6.04. The maximum atomic E-state index is 11.2. The summed E-state index contributed by atoms with van der Waals surface area (Å²) >= 11 is 0. The van der Waals surface area contributed by atoms with E-state index in [1.807, 2.05) is 0 Å². The summed E-state index contributed by atoms with van der Waals surface area (Å²) in [5.74, 6) is 0.129. The minimum Gasteiger partial charge on any atom is -0.381 e. The molecule has 21 heavy (non-hydrogen) atoms. The Morgan fingerprint density at radius 1 is 1.38 bits per heavy atom. The number of non-ortho nitro benzene ring substituents is 1. The molecule has 1 unspecified atom stereocenters. The van der Waals surface area contributed by atoms with E-state index in [0.717, 1.165) is 18.4 Å². The molecule has 0 saturated carbocycles. The lowest BCUT2D eigenvalue weighted by molar-refractivity contribution is -0.384. The van der Waals surface area contributed by atoms with Crippen molar-refractivity contribution in [1.82, 2.24) is 9.78 Å². The summed E-state index contributed by atoms with van der Waals surface area (Å²) in [5.41, 5.74) is 1.95. The molecular formula is C14H13N3O4. The van der Waals surface area contributed by atoms with Gasteiger partial charge in [-0.05, 0) is 18.6 Å². The molecule has 2 aromatic rings. The number of ether oxygens (including phenoxy) is 1. The average Bonchev–Trinajstić information content (AvgIpc) is 3.16. The first kappa shape index (κ1) is 13.4. The molecule has 0 N–H and O–H groups in total. The maximum absolute atomic E-state index is 11.2. The Morgan fingerprint density at radius 3 is 2.71 bits per heavy atom. The van der Waals surface area contributed by atoms with Crippen molar-refractivity contribution in [1.29, 1.82) is 0 Å². The van der Waals surface area contributed by atoms with Crippen molar-refractivity contribution in [3.63, 3.8) is 0 Å². The lowest BCUT2D eigenvalue weighted by Gasteiger charge is -2.04. The number of rotatable bonds is 4. The molecule has 108 valence electrons. The standard InChI is InChI=1S/C14H13N3O4/c18-8-11-7-16(15-14(11)10-5-6-21-9-10)12-1-3-13(4-2-12)17(19)20/h1-4,7-8,10H,5-6,9H2. The second-order valence-electron chi connectivity index (χ2n) is 4.87. The summed E-state index contributed by atoms with van der Waals surface area (Å²) in [7, 11) is 0. The van der Waals surface area contributed by atoms with Crippen LogP contribution in [0.3, 0.4) is 0 Å². The van der Waals surface area contributed by atoms with E-state index in [-0.39, 0.29) is 11.6 Å². The van der Waals surface area contributed by atoms with Gasteiger partial charge in [-0.2, -0.15) is 5.10 Å². The zero-order valence-electron chi connectivity index (χ0n) is 11.1. The van der Waals surface area contributed by atoms with Gasteiger partial charge in [-0.15, -0.1) is 0 Å². The van der Waals surface area contributed by atoms with Crippen LogP contribution < -0.4 is 0 Å². The number of aromatic nitrogens is 2. The lowest BCUT2D eigenvalue weighted by atomic mass is 10.0. The molecule has 1 fully saturated rings. The first-order valence-corrected chi connectivity index (χ1v) is 6.56. The second-order valence-corrected chi connectivity index (χ2v) is 4.87.